The van der Waals surface area contributed by atoms with Crippen LogP contribution >= 0.6 is 11.6 Å². The third-order valence-electron chi connectivity index (χ3n) is 9.06. The smallest absolute Gasteiger partial charge is 0.330 e. The van der Waals surface area contributed by atoms with Crippen molar-refractivity contribution in [2.75, 3.05) is 31.9 Å². The molecule has 1 N–H and O–H groups in total. The molecule has 3 aliphatic heterocycles. The number of rotatable bonds is 10. The fraction of sp³-hybridized carbons (Fsp3) is 0.469. The molecule has 0 saturated carbocycles. The van der Waals surface area contributed by atoms with Crippen LogP contribution in [0.4, 0.5) is 4.79 Å². The zero-order valence-corrected chi connectivity index (χ0v) is 27.3. The number of hydrogen-bond donors (Lipinski definition) is 1. The molecule has 2 aromatic carbocycles. The fourth-order valence-electron chi connectivity index (χ4n) is 6.45. The van der Waals surface area contributed by atoms with Crippen molar-refractivity contribution < 1.29 is 37.4 Å². The van der Waals surface area contributed by atoms with E-state index in [0.29, 0.717) is 60.8 Å². The summed E-state index contributed by atoms with van der Waals surface area (Å²) in [4.78, 5) is 59.8. The molecule has 15 heteroatoms. The van der Waals surface area contributed by atoms with Gasteiger partial charge in [0.05, 0.1) is 35.5 Å². The first-order valence-electron chi connectivity index (χ1n) is 15.7. The third-order valence-corrected chi connectivity index (χ3v) is 11.0. The van der Waals surface area contributed by atoms with Gasteiger partial charge in [-0.05, 0) is 60.7 Å². The summed E-state index contributed by atoms with van der Waals surface area (Å²) in [5.74, 6) is -1.54. The predicted octanol–water partition coefficient (Wildman–Crippen LogP) is 2.75. The highest BCUT2D eigenvalue weighted by Gasteiger charge is 2.38. The van der Waals surface area contributed by atoms with Crippen LogP contribution in [0.25, 0.3) is 10.8 Å². The number of benzene rings is 2. The van der Waals surface area contributed by atoms with E-state index in [0.717, 1.165) is 18.2 Å². The number of halogens is 1. The molecule has 2 fully saturated rings. The molecule has 13 nitrogen and oxygen atoms in total. The summed E-state index contributed by atoms with van der Waals surface area (Å²) in [6.45, 7) is 1.58. The number of fused-ring (bicyclic) bond motifs is 2. The number of likely N-dealkylation sites (tertiary alicyclic amines) is 2. The number of esters is 1. The van der Waals surface area contributed by atoms with Gasteiger partial charge in [-0.1, -0.05) is 23.7 Å². The topological polar surface area (TPSA) is 159 Å². The van der Waals surface area contributed by atoms with Gasteiger partial charge >= 0.3 is 12.0 Å². The number of sulfone groups is 1. The SMILES string of the molecule is O=C(CCN1CCCCC1=O)OCc1ncc2n1C(=O)N(C1CCN(C(=O)[C@H](O)CS(=O)(=O)c3ccc4cc(Cl)ccc4c3)CC1)C2. The largest absolute Gasteiger partial charge is 0.457 e. The van der Waals surface area contributed by atoms with Crippen molar-refractivity contribution in [1.29, 1.82) is 0 Å². The molecule has 0 unspecified atom stereocenters. The number of piperidine rings is 2. The molecule has 1 atom stereocenters. The Morgan fingerprint density at radius 3 is 2.55 bits per heavy atom. The van der Waals surface area contributed by atoms with E-state index < -0.39 is 33.6 Å². The normalized spacial score (nSPS) is 18.1. The molecule has 3 amide bonds. The Bertz CT molecular complexity index is 1820. The molecule has 3 aromatic rings. The second-order valence-electron chi connectivity index (χ2n) is 12.2. The van der Waals surface area contributed by atoms with Gasteiger partial charge in [0.25, 0.3) is 5.91 Å². The summed E-state index contributed by atoms with van der Waals surface area (Å²) in [6.07, 6.45) is 3.09. The van der Waals surface area contributed by atoms with Crippen molar-refractivity contribution in [3.63, 3.8) is 0 Å². The number of aromatic nitrogens is 2. The monoisotopic (exact) mass is 685 g/mol. The van der Waals surface area contributed by atoms with Crippen molar-refractivity contribution in [2.45, 2.75) is 68.7 Å². The average Bonchev–Trinajstić information content (AvgIpc) is 3.62. The number of ether oxygens (including phenoxy) is 1. The second-order valence-corrected chi connectivity index (χ2v) is 14.6. The summed E-state index contributed by atoms with van der Waals surface area (Å²) in [6, 6.07) is 9.18. The third kappa shape index (κ3) is 7.14. The van der Waals surface area contributed by atoms with Gasteiger partial charge in [0.1, 0.15) is 12.7 Å². The molecule has 0 spiro atoms. The van der Waals surface area contributed by atoms with E-state index in [1.165, 1.54) is 21.6 Å². The lowest BCUT2D eigenvalue weighted by Crippen LogP contribution is -2.50. The van der Waals surface area contributed by atoms with Crippen LogP contribution in [-0.4, -0.2) is 106 Å². The summed E-state index contributed by atoms with van der Waals surface area (Å²) >= 11 is 6.01. The van der Waals surface area contributed by atoms with Crippen LogP contribution in [0.15, 0.2) is 47.5 Å². The number of imidazole rings is 1. The van der Waals surface area contributed by atoms with E-state index in [4.69, 9.17) is 16.3 Å². The molecule has 4 heterocycles. The number of aliphatic hydroxyl groups is 1. The minimum atomic E-state index is -3.96. The molecule has 2 saturated heterocycles. The highest BCUT2D eigenvalue weighted by molar-refractivity contribution is 7.91. The Balaban J connectivity index is 0.986. The maximum absolute atomic E-state index is 13.4. The van der Waals surface area contributed by atoms with Crippen LogP contribution in [0.5, 0.6) is 0 Å². The van der Waals surface area contributed by atoms with Crippen LogP contribution in [0.3, 0.4) is 0 Å². The van der Waals surface area contributed by atoms with Crippen LogP contribution < -0.4 is 0 Å². The molecule has 0 aliphatic carbocycles. The first kappa shape index (κ1) is 32.9. The number of nitrogens with zero attached hydrogens (tertiary/aromatic N) is 5. The summed E-state index contributed by atoms with van der Waals surface area (Å²) < 4.78 is 32.9. The van der Waals surface area contributed by atoms with Crippen molar-refractivity contribution >= 4 is 56.0 Å². The van der Waals surface area contributed by atoms with E-state index in [1.807, 2.05) is 0 Å². The lowest BCUT2D eigenvalue weighted by Gasteiger charge is -2.37. The molecule has 250 valence electrons. The number of aliphatic hydroxyl groups excluding tert-OH is 1. The molecule has 1 aromatic heterocycles. The minimum absolute atomic E-state index is 0.00638. The molecular weight excluding hydrogens is 650 g/mol. The van der Waals surface area contributed by atoms with Gasteiger partial charge in [-0.3, -0.25) is 14.4 Å². The van der Waals surface area contributed by atoms with Crippen LogP contribution in [0, 0.1) is 0 Å². The van der Waals surface area contributed by atoms with Crippen LogP contribution in [0.1, 0.15) is 50.0 Å². The molecule has 0 bridgehead atoms. The second kappa shape index (κ2) is 13.6. The molecule has 3 aliphatic rings. The Morgan fingerprint density at radius 1 is 1.04 bits per heavy atom. The maximum Gasteiger partial charge on any atom is 0.330 e. The Hall–Kier alpha value is -4.01. The van der Waals surface area contributed by atoms with Crippen molar-refractivity contribution in [1.82, 2.24) is 24.3 Å². The molecule has 6 rings (SSSR count). The van der Waals surface area contributed by atoms with Gasteiger partial charge in [-0.15, -0.1) is 0 Å². The van der Waals surface area contributed by atoms with Gasteiger partial charge in [0, 0.05) is 43.7 Å². The summed E-state index contributed by atoms with van der Waals surface area (Å²) in [5.41, 5.74) is 0.663. The Kier molecular flexibility index (Phi) is 9.53. The van der Waals surface area contributed by atoms with Gasteiger partial charge in [0.2, 0.25) is 5.91 Å². The van der Waals surface area contributed by atoms with Crippen molar-refractivity contribution in [2.24, 2.45) is 0 Å². The van der Waals surface area contributed by atoms with Gasteiger partial charge in [0.15, 0.2) is 15.7 Å². The first-order valence-corrected chi connectivity index (χ1v) is 17.7. The van der Waals surface area contributed by atoms with E-state index in [-0.39, 0.29) is 49.0 Å². The highest BCUT2D eigenvalue weighted by Crippen LogP contribution is 2.28. The zero-order chi connectivity index (χ0) is 33.3. The Morgan fingerprint density at radius 2 is 1.79 bits per heavy atom. The Labute approximate surface area is 276 Å². The van der Waals surface area contributed by atoms with Crippen LogP contribution in [-0.2, 0) is 42.1 Å². The number of amides is 3. The molecular formula is C32H36ClN5O8S. The van der Waals surface area contributed by atoms with E-state index >= 15 is 0 Å². The number of carbonyl (C=O) groups is 4. The molecule has 0 radical (unpaired) electrons. The van der Waals surface area contributed by atoms with Gasteiger partial charge < -0.3 is 24.5 Å². The average molecular weight is 686 g/mol. The van der Waals surface area contributed by atoms with Crippen molar-refractivity contribution in [3.8, 4) is 0 Å². The summed E-state index contributed by atoms with van der Waals surface area (Å²) in [5, 5.41) is 12.6. The fourth-order valence-corrected chi connectivity index (χ4v) is 7.96. The van der Waals surface area contributed by atoms with Gasteiger partial charge in [-0.2, -0.15) is 0 Å². The number of hydrogen-bond acceptors (Lipinski definition) is 9. The van der Waals surface area contributed by atoms with E-state index in [2.05, 4.69) is 4.98 Å². The van der Waals surface area contributed by atoms with Crippen LogP contribution in [0.2, 0.25) is 5.02 Å². The van der Waals surface area contributed by atoms with Gasteiger partial charge in [-0.25, -0.2) is 22.8 Å². The summed E-state index contributed by atoms with van der Waals surface area (Å²) in [7, 11) is -3.96. The zero-order valence-electron chi connectivity index (χ0n) is 25.7. The lowest BCUT2D eigenvalue weighted by molar-refractivity contribution is -0.146. The first-order chi connectivity index (χ1) is 22.5. The maximum atomic E-state index is 13.4. The number of carbonyl (C=O) groups excluding carboxylic acids is 4. The van der Waals surface area contributed by atoms with E-state index in [1.54, 1.807) is 40.3 Å². The van der Waals surface area contributed by atoms with Crippen molar-refractivity contribution in [3.05, 3.63) is 59.1 Å². The van der Waals surface area contributed by atoms with E-state index in [9.17, 15) is 32.7 Å². The predicted molar refractivity (Wildman–Crippen MR) is 170 cm³/mol. The highest BCUT2D eigenvalue weighted by atomic mass is 35.5. The lowest BCUT2D eigenvalue weighted by atomic mass is 10.0. The molecule has 47 heavy (non-hydrogen) atoms. The standard InChI is InChI=1S/C32H36ClN5O8S/c33-23-6-4-22-16-26(7-5-21(22)15-23)47(44,45)20-27(39)31(42)36-12-8-24(9-13-36)37-18-25-17-34-28(38(25)32(37)43)19-46-30(41)10-14-35-11-2-1-3-29(35)40/h4-7,15-17,24,27,39H,1-3,8-14,18-20H2/t27-/m1/s1. The quantitative estimate of drug-likeness (QED) is 0.317. The minimum Gasteiger partial charge on any atom is -0.457 e.